The van der Waals surface area contributed by atoms with E-state index in [4.69, 9.17) is 4.74 Å². The van der Waals surface area contributed by atoms with Gasteiger partial charge in [0.2, 0.25) is 5.91 Å². The smallest absolute Gasteiger partial charge is 0.223 e. The van der Waals surface area contributed by atoms with Crippen molar-refractivity contribution in [2.75, 3.05) is 6.61 Å². The number of hydrogen-bond donors (Lipinski definition) is 1. The highest BCUT2D eigenvalue weighted by Crippen LogP contribution is 2.36. The van der Waals surface area contributed by atoms with Crippen molar-refractivity contribution in [3.05, 3.63) is 28.2 Å². The van der Waals surface area contributed by atoms with Crippen LogP contribution < -0.4 is 10.1 Å². The van der Waals surface area contributed by atoms with Crippen LogP contribution in [0.25, 0.3) is 0 Å². The van der Waals surface area contributed by atoms with E-state index in [2.05, 4.69) is 21.2 Å². The fraction of sp³-hybridized carbons (Fsp3) is 0.467. The lowest BCUT2D eigenvalue weighted by molar-refractivity contribution is -0.125. The number of ether oxygens (including phenoxy) is 1. The minimum Gasteiger partial charge on any atom is -0.490 e. The Hall–Kier alpha value is -1.36. The highest BCUT2D eigenvalue weighted by Gasteiger charge is 2.36. The fourth-order valence-electron chi connectivity index (χ4n) is 2.48. The van der Waals surface area contributed by atoms with Gasteiger partial charge < -0.3 is 10.1 Å². The maximum Gasteiger partial charge on any atom is 0.223 e. The number of halogens is 1. The summed E-state index contributed by atoms with van der Waals surface area (Å²) in [5, 5.41) is 2.82. The van der Waals surface area contributed by atoms with Crippen LogP contribution in [0, 0.1) is 11.8 Å². The third kappa shape index (κ3) is 2.59. The summed E-state index contributed by atoms with van der Waals surface area (Å²) in [7, 11) is 0. The van der Waals surface area contributed by atoms with Crippen molar-refractivity contribution in [2.24, 2.45) is 11.8 Å². The summed E-state index contributed by atoms with van der Waals surface area (Å²) < 4.78 is 6.39. The summed E-state index contributed by atoms with van der Waals surface area (Å²) in [5.74, 6) is 0.915. The molecule has 0 saturated heterocycles. The Bertz CT molecular complexity index is 568. The monoisotopic (exact) mass is 337 g/mol. The quantitative estimate of drug-likeness (QED) is 0.922. The lowest BCUT2D eigenvalue weighted by atomic mass is 9.99. The van der Waals surface area contributed by atoms with Gasteiger partial charge in [0, 0.05) is 10.4 Å². The molecule has 2 atom stereocenters. The van der Waals surface area contributed by atoms with Crippen molar-refractivity contribution in [2.45, 2.75) is 25.8 Å². The first-order valence-corrected chi connectivity index (χ1v) is 7.62. The highest BCUT2D eigenvalue weighted by molar-refractivity contribution is 9.10. The van der Waals surface area contributed by atoms with Gasteiger partial charge in [0.05, 0.1) is 5.56 Å². The van der Waals surface area contributed by atoms with Gasteiger partial charge in [-0.3, -0.25) is 9.59 Å². The Kier molecular flexibility index (Phi) is 3.54. The first kappa shape index (κ1) is 13.6. The molecule has 2 unspecified atom stereocenters. The zero-order valence-corrected chi connectivity index (χ0v) is 12.8. The predicted molar refractivity (Wildman–Crippen MR) is 77.8 cm³/mol. The summed E-state index contributed by atoms with van der Waals surface area (Å²) in [6.07, 6.45) is 2.22. The molecule has 2 aliphatic rings. The van der Waals surface area contributed by atoms with E-state index in [-0.39, 0.29) is 24.2 Å². The van der Waals surface area contributed by atoms with E-state index in [0.717, 1.165) is 17.3 Å². The molecule has 1 N–H and O–H groups in total. The first-order valence-electron chi connectivity index (χ1n) is 6.83. The second-order valence-electron chi connectivity index (χ2n) is 5.50. The molecule has 1 saturated carbocycles. The van der Waals surface area contributed by atoms with Crippen LogP contribution >= 0.6 is 15.9 Å². The van der Waals surface area contributed by atoms with Gasteiger partial charge in [-0.2, -0.15) is 0 Å². The number of fused-ring (bicyclic) bond motifs is 1. The highest BCUT2D eigenvalue weighted by atomic mass is 79.9. The zero-order valence-electron chi connectivity index (χ0n) is 11.2. The predicted octanol–water partition coefficient (Wildman–Crippen LogP) is 2.56. The number of nitrogens with one attached hydrogen (secondary N) is 1. The van der Waals surface area contributed by atoms with Crippen LogP contribution in [0.3, 0.4) is 0 Å². The van der Waals surface area contributed by atoms with Crippen molar-refractivity contribution in [1.82, 2.24) is 5.32 Å². The molecule has 0 spiro atoms. The summed E-state index contributed by atoms with van der Waals surface area (Å²) in [4.78, 5) is 24.5. The van der Waals surface area contributed by atoms with E-state index in [1.807, 2.05) is 13.0 Å². The number of benzene rings is 1. The van der Waals surface area contributed by atoms with Gasteiger partial charge in [-0.1, -0.05) is 22.9 Å². The van der Waals surface area contributed by atoms with Crippen molar-refractivity contribution < 1.29 is 14.3 Å². The number of rotatable bonds is 3. The molecule has 0 radical (unpaired) electrons. The van der Waals surface area contributed by atoms with E-state index < -0.39 is 6.04 Å². The topological polar surface area (TPSA) is 55.4 Å². The molecule has 1 fully saturated rings. The van der Waals surface area contributed by atoms with Gasteiger partial charge in [-0.15, -0.1) is 0 Å². The minimum atomic E-state index is -0.578. The average Bonchev–Trinajstić information content (AvgIpc) is 3.26. The SMILES string of the molecule is CC(C(=O)NC1COc2ccc(Br)cc2C1=O)C1CC1. The Labute approximate surface area is 126 Å². The van der Waals surface area contributed by atoms with E-state index in [0.29, 0.717) is 17.2 Å². The summed E-state index contributed by atoms with van der Waals surface area (Å²) in [5.41, 5.74) is 0.523. The maximum atomic E-state index is 12.4. The Balaban J connectivity index is 1.73. The summed E-state index contributed by atoms with van der Waals surface area (Å²) >= 11 is 3.34. The number of carbonyl (C=O) groups excluding carboxylic acids is 2. The first-order chi connectivity index (χ1) is 9.56. The van der Waals surface area contributed by atoms with Crippen molar-refractivity contribution in [1.29, 1.82) is 0 Å². The molecule has 1 aromatic carbocycles. The Morgan fingerprint density at radius 3 is 2.90 bits per heavy atom. The molecule has 0 aromatic heterocycles. The Morgan fingerprint density at radius 2 is 2.20 bits per heavy atom. The molecule has 1 aromatic rings. The van der Waals surface area contributed by atoms with Crippen LogP contribution in [0.2, 0.25) is 0 Å². The molecule has 3 rings (SSSR count). The molecule has 1 aliphatic heterocycles. The number of hydrogen-bond acceptors (Lipinski definition) is 3. The molecule has 5 heteroatoms. The second kappa shape index (κ2) is 5.20. The normalized spacial score (nSPS) is 22.7. The van der Waals surface area contributed by atoms with Gasteiger partial charge in [-0.05, 0) is 37.0 Å². The molecule has 1 aliphatic carbocycles. The number of Topliss-reactive ketones (excluding diaryl/α,β-unsaturated/α-hetero) is 1. The van der Waals surface area contributed by atoms with Gasteiger partial charge >= 0.3 is 0 Å². The molecule has 0 bridgehead atoms. The van der Waals surface area contributed by atoms with Gasteiger partial charge in [-0.25, -0.2) is 0 Å². The largest absolute Gasteiger partial charge is 0.490 e. The fourth-order valence-corrected chi connectivity index (χ4v) is 2.84. The molecular formula is C15H16BrNO3. The van der Waals surface area contributed by atoms with Gasteiger partial charge in [0.25, 0.3) is 0 Å². The minimum absolute atomic E-state index is 0.0216. The molecule has 1 heterocycles. The van der Waals surface area contributed by atoms with Gasteiger partial charge in [0.1, 0.15) is 18.4 Å². The van der Waals surface area contributed by atoms with Crippen molar-refractivity contribution in [3.8, 4) is 5.75 Å². The summed E-state index contributed by atoms with van der Waals surface area (Å²) in [6.45, 7) is 2.13. The van der Waals surface area contributed by atoms with Crippen LogP contribution in [0.4, 0.5) is 0 Å². The average molecular weight is 338 g/mol. The molecule has 1 amide bonds. The molecule has 4 nitrogen and oxygen atoms in total. The standard InChI is InChI=1S/C15H16BrNO3/c1-8(9-2-3-9)15(19)17-12-7-20-13-5-4-10(16)6-11(13)14(12)18/h4-6,8-9,12H,2-3,7H2,1H3,(H,17,19). The molecular weight excluding hydrogens is 322 g/mol. The van der Waals surface area contributed by atoms with E-state index in [1.54, 1.807) is 12.1 Å². The summed E-state index contributed by atoms with van der Waals surface area (Å²) in [6, 6.07) is 4.76. The lowest BCUT2D eigenvalue weighted by Gasteiger charge is -2.26. The molecule has 20 heavy (non-hydrogen) atoms. The van der Waals surface area contributed by atoms with Crippen molar-refractivity contribution >= 4 is 27.6 Å². The third-order valence-corrected chi connectivity index (χ3v) is 4.48. The van der Waals surface area contributed by atoms with Crippen LogP contribution in [-0.4, -0.2) is 24.3 Å². The van der Waals surface area contributed by atoms with Gasteiger partial charge in [0.15, 0.2) is 5.78 Å². The van der Waals surface area contributed by atoms with Crippen LogP contribution in [0.5, 0.6) is 5.75 Å². The Morgan fingerprint density at radius 1 is 1.45 bits per heavy atom. The van der Waals surface area contributed by atoms with E-state index >= 15 is 0 Å². The second-order valence-corrected chi connectivity index (χ2v) is 6.42. The molecule has 106 valence electrons. The van der Waals surface area contributed by atoms with Crippen LogP contribution in [0.1, 0.15) is 30.1 Å². The van der Waals surface area contributed by atoms with Crippen LogP contribution in [0.15, 0.2) is 22.7 Å². The maximum absolute atomic E-state index is 12.4. The number of amides is 1. The van der Waals surface area contributed by atoms with Crippen molar-refractivity contribution in [3.63, 3.8) is 0 Å². The van der Waals surface area contributed by atoms with E-state index in [9.17, 15) is 9.59 Å². The number of carbonyl (C=O) groups is 2. The zero-order chi connectivity index (χ0) is 14.3. The number of ketones is 1. The third-order valence-electron chi connectivity index (χ3n) is 3.99. The van der Waals surface area contributed by atoms with Crippen LogP contribution in [-0.2, 0) is 4.79 Å². The lowest BCUT2D eigenvalue weighted by Crippen LogP contribution is -2.49. The van der Waals surface area contributed by atoms with E-state index in [1.165, 1.54) is 0 Å².